The highest BCUT2D eigenvalue weighted by Gasteiger charge is 2.36. The summed E-state index contributed by atoms with van der Waals surface area (Å²) < 4.78 is 14.6. The van der Waals surface area contributed by atoms with Gasteiger partial charge in [-0.1, -0.05) is 32.9 Å². The second kappa shape index (κ2) is 7.79. The van der Waals surface area contributed by atoms with Crippen molar-refractivity contribution in [2.24, 2.45) is 5.41 Å². The Hall–Kier alpha value is -1.99. The van der Waals surface area contributed by atoms with E-state index in [1.165, 1.54) is 0 Å². The zero-order chi connectivity index (χ0) is 20.6. The molecule has 2 fully saturated rings. The minimum absolute atomic E-state index is 0.0714. The van der Waals surface area contributed by atoms with E-state index >= 15 is 0 Å². The van der Waals surface area contributed by atoms with Crippen LogP contribution in [0.5, 0.6) is 0 Å². The van der Waals surface area contributed by atoms with Crippen LogP contribution in [-0.2, 0) is 9.59 Å². The van der Waals surface area contributed by atoms with E-state index in [-0.39, 0.29) is 35.5 Å². The van der Waals surface area contributed by atoms with Gasteiger partial charge in [-0.25, -0.2) is 4.39 Å². The number of amides is 2. The molecule has 1 aliphatic heterocycles. The van der Waals surface area contributed by atoms with Crippen molar-refractivity contribution in [3.63, 3.8) is 0 Å². The molecule has 0 spiro atoms. The number of halogens is 1. The van der Waals surface area contributed by atoms with Gasteiger partial charge in [0.1, 0.15) is 12.1 Å². The van der Waals surface area contributed by atoms with Gasteiger partial charge in [0.05, 0.1) is 18.5 Å². The fraction of sp³-hybridized carbons (Fsp3) is 0.619. The Morgan fingerprint density at radius 3 is 2.50 bits per heavy atom. The Labute approximate surface area is 166 Å². The largest absolute Gasteiger partial charge is 0.347 e. The molecule has 1 aromatic rings. The van der Waals surface area contributed by atoms with Gasteiger partial charge in [-0.05, 0) is 55.5 Å². The highest BCUT2D eigenvalue weighted by Crippen LogP contribution is 2.42. The molecule has 3 atom stereocenters. The molecule has 1 heterocycles. The van der Waals surface area contributed by atoms with E-state index < -0.39 is 12.3 Å². The molecule has 7 heteroatoms. The molecule has 0 bridgehead atoms. The number of carbonyl (C=O) groups excluding carboxylic acids is 2. The molecule has 0 radical (unpaired) electrons. The zero-order valence-corrected chi connectivity index (χ0v) is 17.3. The molecule has 1 aromatic carbocycles. The van der Waals surface area contributed by atoms with Gasteiger partial charge < -0.3 is 10.6 Å². The highest BCUT2D eigenvalue weighted by molar-refractivity contribution is 5.89. The fourth-order valence-corrected chi connectivity index (χ4v) is 3.63. The van der Waals surface area contributed by atoms with Crippen LogP contribution in [0.25, 0.3) is 0 Å². The first-order valence-corrected chi connectivity index (χ1v) is 9.88. The summed E-state index contributed by atoms with van der Waals surface area (Å²) >= 11 is 0. The molecular weight excluding hydrogens is 359 g/mol. The van der Waals surface area contributed by atoms with Crippen LogP contribution in [0.2, 0.25) is 0 Å². The van der Waals surface area contributed by atoms with Crippen molar-refractivity contribution in [2.45, 2.75) is 64.3 Å². The van der Waals surface area contributed by atoms with Crippen molar-refractivity contribution in [1.82, 2.24) is 20.9 Å². The normalized spacial score (nSPS) is 24.0. The molecule has 2 aliphatic rings. The molecule has 28 heavy (non-hydrogen) atoms. The van der Waals surface area contributed by atoms with E-state index in [1.807, 2.05) is 47.0 Å². The summed E-state index contributed by atoms with van der Waals surface area (Å²) in [5.74, 6) is -0.297. The fourth-order valence-electron chi connectivity index (χ4n) is 3.63. The minimum atomic E-state index is -0.637. The molecule has 1 saturated heterocycles. The van der Waals surface area contributed by atoms with Crippen molar-refractivity contribution in [3.05, 3.63) is 35.1 Å². The first kappa shape index (κ1) is 20.7. The van der Waals surface area contributed by atoms with Crippen molar-refractivity contribution in [2.75, 3.05) is 14.1 Å². The number of benzene rings is 1. The number of hydrogen-bond acceptors (Lipinski definition) is 4. The third-order valence-corrected chi connectivity index (χ3v) is 5.41. The average Bonchev–Trinajstić information content (AvgIpc) is 3.42. The van der Waals surface area contributed by atoms with Crippen molar-refractivity contribution >= 4 is 11.8 Å². The molecule has 6 nitrogen and oxygen atoms in total. The predicted octanol–water partition coefficient (Wildman–Crippen LogP) is 2.23. The van der Waals surface area contributed by atoms with Crippen LogP contribution >= 0.6 is 0 Å². The van der Waals surface area contributed by atoms with Gasteiger partial charge >= 0.3 is 0 Å². The third-order valence-electron chi connectivity index (χ3n) is 5.41. The van der Waals surface area contributed by atoms with Gasteiger partial charge in [-0.3, -0.25) is 19.8 Å². The highest BCUT2D eigenvalue weighted by atomic mass is 19.1. The van der Waals surface area contributed by atoms with Crippen LogP contribution in [0.3, 0.4) is 0 Å². The summed E-state index contributed by atoms with van der Waals surface area (Å²) in [6.45, 7) is 6.02. The van der Waals surface area contributed by atoms with Crippen LogP contribution in [0.15, 0.2) is 18.2 Å². The minimum Gasteiger partial charge on any atom is -0.347 e. The van der Waals surface area contributed by atoms with Crippen LogP contribution < -0.4 is 16.0 Å². The topological polar surface area (TPSA) is 73.5 Å². The number of nitrogens with zero attached hydrogens (tertiary/aromatic N) is 1. The third kappa shape index (κ3) is 4.70. The quantitative estimate of drug-likeness (QED) is 0.721. The summed E-state index contributed by atoms with van der Waals surface area (Å²) in [7, 11) is 3.64. The molecule has 3 N–H and O–H groups in total. The molecule has 154 valence electrons. The molecular formula is C21H31FN4O2. The Bertz CT molecular complexity index is 755. The Balaban J connectivity index is 1.78. The lowest BCUT2D eigenvalue weighted by Crippen LogP contribution is -2.65. The number of hydrogen-bond donors (Lipinski definition) is 3. The summed E-state index contributed by atoms with van der Waals surface area (Å²) in [6, 6.07) is 4.31. The van der Waals surface area contributed by atoms with Gasteiger partial charge in [-0.2, -0.15) is 0 Å². The van der Waals surface area contributed by atoms with Crippen molar-refractivity contribution < 1.29 is 14.0 Å². The van der Waals surface area contributed by atoms with Crippen LogP contribution in [0, 0.1) is 11.2 Å². The van der Waals surface area contributed by atoms with E-state index in [4.69, 9.17) is 0 Å². The van der Waals surface area contributed by atoms with Gasteiger partial charge in [0.25, 0.3) is 0 Å². The van der Waals surface area contributed by atoms with Crippen LogP contribution in [0.1, 0.15) is 63.1 Å². The standard InChI is InChI=1S/C21H31FN4O2/c1-21(2,3)18(13-8-9-14(12-6-7-12)15(22)10-13)25-19(28)16-11-17(27)24-20(23-16)26(4)5/h8-10,12,16,18,20,23H,6-7,11H2,1-5H3,(H,24,27)(H,25,28)/t16?,18-,20?/m0/s1. The lowest BCUT2D eigenvalue weighted by Gasteiger charge is -2.37. The van der Waals surface area contributed by atoms with Crippen molar-refractivity contribution in [1.29, 1.82) is 0 Å². The summed E-state index contributed by atoms with van der Waals surface area (Å²) in [4.78, 5) is 26.7. The maximum atomic E-state index is 14.6. The maximum absolute atomic E-state index is 14.6. The van der Waals surface area contributed by atoms with Gasteiger partial charge in [0.2, 0.25) is 11.8 Å². The van der Waals surface area contributed by atoms with E-state index in [1.54, 1.807) is 11.0 Å². The Kier molecular flexibility index (Phi) is 5.77. The monoisotopic (exact) mass is 390 g/mol. The lowest BCUT2D eigenvalue weighted by molar-refractivity contribution is -0.134. The second-order valence-electron chi connectivity index (χ2n) is 9.22. The summed E-state index contributed by atoms with van der Waals surface area (Å²) in [5, 5.41) is 8.98. The number of carbonyl (C=O) groups is 2. The number of nitrogens with one attached hydrogen (secondary N) is 3. The molecule has 0 aromatic heterocycles. The Morgan fingerprint density at radius 1 is 1.29 bits per heavy atom. The second-order valence-corrected chi connectivity index (χ2v) is 9.22. The lowest BCUT2D eigenvalue weighted by atomic mass is 9.81. The molecule has 1 aliphatic carbocycles. The summed E-state index contributed by atoms with van der Waals surface area (Å²) in [6.07, 6.45) is 1.75. The average molecular weight is 391 g/mol. The van der Waals surface area contributed by atoms with Crippen LogP contribution in [0.4, 0.5) is 4.39 Å². The van der Waals surface area contributed by atoms with E-state index in [2.05, 4.69) is 16.0 Å². The first-order valence-electron chi connectivity index (χ1n) is 9.88. The van der Waals surface area contributed by atoms with Crippen LogP contribution in [-0.4, -0.2) is 43.1 Å². The summed E-state index contributed by atoms with van der Waals surface area (Å²) in [5.41, 5.74) is 1.19. The van der Waals surface area contributed by atoms with E-state index in [0.717, 1.165) is 24.0 Å². The molecule has 2 unspecified atom stereocenters. The molecule has 3 rings (SSSR count). The SMILES string of the molecule is CN(C)C1NC(=O)CC(C(=O)N[C@@H](c2ccc(C3CC3)c(F)c2)C(C)(C)C)N1. The van der Waals surface area contributed by atoms with E-state index in [0.29, 0.717) is 5.92 Å². The van der Waals surface area contributed by atoms with Crippen molar-refractivity contribution in [3.8, 4) is 0 Å². The van der Waals surface area contributed by atoms with Gasteiger partial charge in [-0.15, -0.1) is 0 Å². The van der Waals surface area contributed by atoms with E-state index in [9.17, 15) is 14.0 Å². The zero-order valence-electron chi connectivity index (χ0n) is 17.3. The van der Waals surface area contributed by atoms with Gasteiger partial charge in [0, 0.05) is 0 Å². The number of rotatable bonds is 5. The molecule has 2 amide bonds. The smallest absolute Gasteiger partial charge is 0.238 e. The van der Waals surface area contributed by atoms with Gasteiger partial charge in [0.15, 0.2) is 0 Å². The Morgan fingerprint density at radius 2 is 1.96 bits per heavy atom. The predicted molar refractivity (Wildman–Crippen MR) is 106 cm³/mol. The molecule has 1 saturated carbocycles. The first-order chi connectivity index (χ1) is 13.1. The maximum Gasteiger partial charge on any atom is 0.238 e.